The third kappa shape index (κ3) is 5.71. The number of rotatable bonds is 4. The molecule has 0 saturated carbocycles. The van der Waals surface area contributed by atoms with E-state index in [2.05, 4.69) is 76.3 Å². The molecule has 2 aromatic heterocycles. The van der Waals surface area contributed by atoms with Gasteiger partial charge in [0.05, 0.1) is 5.82 Å². The maximum absolute atomic E-state index is 4.49. The van der Waals surface area contributed by atoms with E-state index in [-0.39, 0.29) is 20.1 Å². The molecule has 0 amide bonds. The quantitative estimate of drug-likeness (QED) is 0.178. The van der Waals surface area contributed by atoms with E-state index in [9.17, 15) is 0 Å². The summed E-state index contributed by atoms with van der Waals surface area (Å²) < 4.78 is 7.80. The first-order valence-electron chi connectivity index (χ1n) is 11.6. The Balaban J connectivity index is 0.000000170. The first kappa shape index (κ1) is 25.7. The van der Waals surface area contributed by atoms with Crippen LogP contribution in [-0.2, 0) is 20.1 Å². The van der Waals surface area contributed by atoms with Gasteiger partial charge in [-0.15, -0.1) is 71.3 Å². The fraction of sp³-hybridized carbons (Fsp3) is 0.0968. The normalized spacial score (nSPS) is 10.5. The summed E-state index contributed by atoms with van der Waals surface area (Å²) in [4.78, 5) is 4.49. The van der Waals surface area contributed by atoms with Crippen molar-refractivity contribution in [3.05, 3.63) is 127 Å². The zero-order valence-corrected chi connectivity index (χ0v) is 23.3. The zero-order chi connectivity index (χ0) is 24.0. The van der Waals surface area contributed by atoms with Crippen molar-refractivity contribution in [2.45, 2.75) is 19.8 Å². The minimum Gasteiger partial charge on any atom is -0.340 e. The van der Waals surface area contributed by atoms with Crippen LogP contribution in [0.1, 0.15) is 25.3 Å². The van der Waals surface area contributed by atoms with Gasteiger partial charge in [-0.1, -0.05) is 50.2 Å². The molecule has 0 aliphatic rings. The fourth-order valence-corrected chi connectivity index (χ4v) is 4.68. The number of hydrogen-bond donors (Lipinski definition) is 0. The molecule has 0 aliphatic carbocycles. The Bertz CT molecular complexity index is 1520. The maximum atomic E-state index is 4.49. The molecule has 36 heavy (non-hydrogen) atoms. The van der Waals surface area contributed by atoms with Crippen molar-refractivity contribution in [2.75, 3.05) is 0 Å². The van der Waals surface area contributed by atoms with E-state index < -0.39 is 0 Å². The zero-order valence-electron chi connectivity index (χ0n) is 20.1. The Labute approximate surface area is 230 Å². The van der Waals surface area contributed by atoms with E-state index in [4.69, 9.17) is 0 Å². The Morgan fingerprint density at radius 1 is 0.806 bits per heavy atom. The third-order valence-electron chi connectivity index (χ3n) is 5.75. The molecule has 1 radical (unpaired) electrons. The molecule has 0 bridgehead atoms. The fourth-order valence-electron chi connectivity index (χ4n) is 3.89. The van der Waals surface area contributed by atoms with Crippen molar-refractivity contribution < 1.29 is 20.1 Å². The Morgan fingerprint density at radius 2 is 1.56 bits per heavy atom. The van der Waals surface area contributed by atoms with Crippen LogP contribution in [0.25, 0.3) is 38.4 Å². The molecular formula is C31H25IrN3S-2. The van der Waals surface area contributed by atoms with Crippen molar-refractivity contribution in [1.82, 2.24) is 13.9 Å². The Kier molecular flexibility index (Phi) is 8.61. The SMILES string of the molecule is CC(C)c1cc[c-]c(-c2nccn2-c2ccccc2)c1.[Ir].[c-]1ccccc1-c1nsc2ccccc12. The van der Waals surface area contributed by atoms with Crippen molar-refractivity contribution in [3.63, 3.8) is 0 Å². The van der Waals surface area contributed by atoms with Gasteiger partial charge in [-0.25, -0.2) is 4.37 Å². The van der Waals surface area contributed by atoms with Crippen molar-refractivity contribution in [1.29, 1.82) is 0 Å². The molecule has 0 unspecified atom stereocenters. The van der Waals surface area contributed by atoms with Crippen LogP contribution in [0.3, 0.4) is 0 Å². The monoisotopic (exact) mass is 664 g/mol. The maximum Gasteiger partial charge on any atom is 0.0602 e. The van der Waals surface area contributed by atoms with Gasteiger partial charge in [-0.05, 0) is 41.0 Å². The van der Waals surface area contributed by atoms with Gasteiger partial charge in [0.1, 0.15) is 0 Å². The van der Waals surface area contributed by atoms with Crippen LogP contribution < -0.4 is 0 Å². The van der Waals surface area contributed by atoms with Crippen LogP contribution in [0.15, 0.2) is 109 Å². The molecule has 6 rings (SSSR count). The minimum atomic E-state index is 0. The van der Waals surface area contributed by atoms with Crippen LogP contribution in [0, 0.1) is 12.1 Å². The van der Waals surface area contributed by atoms with Gasteiger partial charge in [0.25, 0.3) is 0 Å². The van der Waals surface area contributed by atoms with Crippen LogP contribution in [-0.4, -0.2) is 13.9 Å². The summed E-state index contributed by atoms with van der Waals surface area (Å²) >= 11 is 1.54. The van der Waals surface area contributed by atoms with Gasteiger partial charge >= 0.3 is 0 Å². The molecule has 5 heteroatoms. The smallest absolute Gasteiger partial charge is 0.0602 e. The number of para-hydroxylation sites is 1. The summed E-state index contributed by atoms with van der Waals surface area (Å²) in [5.74, 6) is 1.43. The number of imidazole rings is 1. The molecule has 0 spiro atoms. The molecule has 3 nitrogen and oxygen atoms in total. The molecule has 2 heterocycles. The number of nitrogens with zero attached hydrogens (tertiary/aromatic N) is 3. The second kappa shape index (κ2) is 12.0. The predicted octanol–water partition coefficient (Wildman–Crippen LogP) is 8.22. The molecule has 0 aliphatic heterocycles. The summed E-state index contributed by atoms with van der Waals surface area (Å²) in [7, 11) is 0. The van der Waals surface area contributed by atoms with Crippen LogP contribution in [0.5, 0.6) is 0 Å². The topological polar surface area (TPSA) is 30.7 Å². The Hall–Kier alpha value is -3.37. The first-order valence-corrected chi connectivity index (χ1v) is 12.4. The second-order valence-electron chi connectivity index (χ2n) is 8.45. The van der Waals surface area contributed by atoms with E-state index in [0.29, 0.717) is 5.92 Å². The first-order chi connectivity index (χ1) is 17.2. The predicted molar refractivity (Wildman–Crippen MR) is 146 cm³/mol. The van der Waals surface area contributed by atoms with E-state index in [1.54, 1.807) is 0 Å². The van der Waals surface area contributed by atoms with Gasteiger partial charge in [-0.2, -0.15) is 0 Å². The minimum absolute atomic E-state index is 0. The van der Waals surface area contributed by atoms with Crippen molar-refractivity contribution in [3.8, 4) is 28.3 Å². The summed E-state index contributed by atoms with van der Waals surface area (Å²) in [5.41, 5.74) is 5.56. The van der Waals surface area contributed by atoms with Crippen molar-refractivity contribution >= 4 is 21.6 Å². The number of benzene rings is 4. The third-order valence-corrected chi connectivity index (χ3v) is 6.58. The number of aromatic nitrogens is 3. The van der Waals surface area contributed by atoms with Crippen LogP contribution in [0.4, 0.5) is 0 Å². The number of fused-ring (bicyclic) bond motifs is 1. The average molecular weight is 664 g/mol. The van der Waals surface area contributed by atoms with E-state index in [1.165, 1.54) is 27.2 Å². The molecule has 0 saturated heterocycles. The van der Waals surface area contributed by atoms with Gasteiger partial charge < -0.3 is 4.57 Å². The molecule has 181 valence electrons. The molecule has 0 fully saturated rings. The second-order valence-corrected chi connectivity index (χ2v) is 9.26. The molecular weight excluding hydrogens is 639 g/mol. The number of hydrogen-bond acceptors (Lipinski definition) is 3. The van der Waals surface area contributed by atoms with Crippen molar-refractivity contribution in [2.24, 2.45) is 0 Å². The summed E-state index contributed by atoms with van der Waals surface area (Å²) in [6, 6.07) is 39.3. The average Bonchev–Trinajstić information content (AvgIpc) is 3.58. The van der Waals surface area contributed by atoms with Gasteiger partial charge in [0.2, 0.25) is 0 Å². The summed E-state index contributed by atoms with van der Waals surface area (Å²) in [5, 5.41) is 1.21. The van der Waals surface area contributed by atoms with E-state index in [1.807, 2.05) is 73.1 Å². The largest absolute Gasteiger partial charge is 0.340 e. The van der Waals surface area contributed by atoms with Crippen LogP contribution >= 0.6 is 11.5 Å². The van der Waals surface area contributed by atoms with Gasteiger partial charge in [0, 0.05) is 48.6 Å². The summed E-state index contributed by atoms with van der Waals surface area (Å²) in [6.07, 6.45) is 3.82. The molecule has 0 atom stereocenters. The van der Waals surface area contributed by atoms with E-state index in [0.717, 1.165) is 28.3 Å². The molecule has 6 aromatic rings. The molecule has 0 N–H and O–H groups in total. The van der Waals surface area contributed by atoms with E-state index >= 15 is 0 Å². The Morgan fingerprint density at radius 3 is 2.33 bits per heavy atom. The standard InChI is InChI=1S/C18H17N2.C13H8NS.Ir/c1-14(2)15-7-6-8-16(13-15)18-19-11-12-20(18)17-9-4-3-5-10-17;1-2-6-10(7-3-1)13-11-8-4-5-9-12(11)15-14-13;/h3-7,9-14H,1-2H3;1-6,8-9H;/q2*-1;. The van der Waals surface area contributed by atoms with Crippen LogP contribution in [0.2, 0.25) is 0 Å². The van der Waals surface area contributed by atoms with Gasteiger partial charge in [-0.3, -0.25) is 4.98 Å². The van der Waals surface area contributed by atoms with Gasteiger partial charge in [0.15, 0.2) is 0 Å². The molecule has 4 aromatic carbocycles. The summed E-state index contributed by atoms with van der Waals surface area (Å²) in [6.45, 7) is 4.39.